The van der Waals surface area contributed by atoms with Crippen molar-refractivity contribution in [1.29, 1.82) is 0 Å². The van der Waals surface area contributed by atoms with Crippen LogP contribution >= 0.6 is 34.2 Å². The fraction of sp³-hybridized carbons (Fsp3) is 0.364. The van der Waals surface area contributed by atoms with Gasteiger partial charge in [0.15, 0.2) is 0 Å². The highest BCUT2D eigenvalue weighted by Gasteiger charge is 2.38. The average Bonchev–Trinajstić information content (AvgIpc) is 2.92. The van der Waals surface area contributed by atoms with Gasteiger partial charge >= 0.3 is 5.97 Å². The summed E-state index contributed by atoms with van der Waals surface area (Å²) in [7, 11) is 0. The Hall–Kier alpha value is -0.290. The summed E-state index contributed by atoms with van der Waals surface area (Å²) < 4.78 is 0.944. The highest BCUT2D eigenvalue weighted by molar-refractivity contribution is 14.1. The van der Waals surface area contributed by atoms with Crippen molar-refractivity contribution in [1.82, 2.24) is 0 Å². The summed E-state index contributed by atoms with van der Waals surface area (Å²) >= 11 is 7.99. The molecule has 0 saturated heterocycles. The number of hydrogen-bond donors (Lipinski definition) is 1. The van der Waals surface area contributed by atoms with Gasteiger partial charge < -0.3 is 5.11 Å². The van der Waals surface area contributed by atoms with Crippen molar-refractivity contribution in [2.24, 2.45) is 5.92 Å². The first-order valence-corrected chi connectivity index (χ1v) is 6.23. The fourth-order valence-electron chi connectivity index (χ4n) is 1.77. The van der Waals surface area contributed by atoms with E-state index in [-0.39, 0.29) is 5.92 Å². The monoisotopic (exact) mass is 336 g/mol. The predicted molar refractivity (Wildman–Crippen MR) is 67.3 cm³/mol. The standard InChI is InChI=1S/C11H10ClIO2/c12-7-3-4-8(9(13)5-7)10(11(14)15)6-1-2-6/h3-6,10H,1-2H2,(H,14,15). The quantitative estimate of drug-likeness (QED) is 0.858. The lowest BCUT2D eigenvalue weighted by Crippen LogP contribution is -2.14. The summed E-state index contributed by atoms with van der Waals surface area (Å²) in [6.45, 7) is 0. The van der Waals surface area contributed by atoms with Gasteiger partial charge in [-0.2, -0.15) is 0 Å². The fourth-order valence-corrected chi connectivity index (χ4v) is 2.98. The van der Waals surface area contributed by atoms with Crippen molar-refractivity contribution in [3.05, 3.63) is 32.4 Å². The maximum Gasteiger partial charge on any atom is 0.311 e. The van der Waals surface area contributed by atoms with Crippen molar-refractivity contribution in [3.8, 4) is 0 Å². The molecule has 1 N–H and O–H groups in total. The van der Waals surface area contributed by atoms with E-state index in [1.165, 1.54) is 0 Å². The number of carboxylic acid groups (broad SMARTS) is 1. The van der Waals surface area contributed by atoms with Gasteiger partial charge in [-0.25, -0.2) is 0 Å². The van der Waals surface area contributed by atoms with Crippen LogP contribution in [0.15, 0.2) is 18.2 Å². The van der Waals surface area contributed by atoms with E-state index < -0.39 is 5.97 Å². The molecule has 1 aromatic carbocycles. The summed E-state index contributed by atoms with van der Waals surface area (Å²) in [5, 5.41) is 9.85. The Morgan fingerprint density at radius 3 is 2.67 bits per heavy atom. The summed E-state index contributed by atoms with van der Waals surface area (Å²) in [6.07, 6.45) is 2.05. The Labute approximate surface area is 107 Å². The number of hydrogen-bond acceptors (Lipinski definition) is 1. The van der Waals surface area contributed by atoms with E-state index in [0.29, 0.717) is 10.9 Å². The molecule has 1 fully saturated rings. The van der Waals surface area contributed by atoms with Gasteiger partial charge in [0.1, 0.15) is 0 Å². The van der Waals surface area contributed by atoms with E-state index in [9.17, 15) is 9.90 Å². The number of carboxylic acids is 1. The molecule has 1 saturated carbocycles. The Kier molecular flexibility index (Phi) is 3.21. The second-order valence-electron chi connectivity index (χ2n) is 3.82. The van der Waals surface area contributed by atoms with Crippen molar-refractivity contribution in [2.75, 3.05) is 0 Å². The van der Waals surface area contributed by atoms with Crippen LogP contribution in [0.4, 0.5) is 0 Å². The first-order chi connectivity index (χ1) is 7.09. The summed E-state index contributed by atoms with van der Waals surface area (Å²) in [6, 6.07) is 5.41. The molecular weight excluding hydrogens is 326 g/mol. The van der Waals surface area contributed by atoms with Crippen LogP contribution in [0.2, 0.25) is 5.02 Å². The van der Waals surface area contributed by atoms with Gasteiger partial charge in [-0.1, -0.05) is 17.7 Å². The van der Waals surface area contributed by atoms with Crippen LogP contribution in [-0.2, 0) is 4.79 Å². The largest absolute Gasteiger partial charge is 0.481 e. The lowest BCUT2D eigenvalue weighted by molar-refractivity contribution is -0.139. The maximum atomic E-state index is 11.2. The van der Waals surface area contributed by atoms with Gasteiger partial charge in [-0.3, -0.25) is 4.79 Å². The molecule has 0 amide bonds. The number of halogens is 2. The lowest BCUT2D eigenvalue weighted by atomic mass is 9.94. The molecule has 0 aliphatic heterocycles. The van der Waals surface area contributed by atoms with E-state index in [4.69, 9.17) is 11.6 Å². The van der Waals surface area contributed by atoms with Crippen LogP contribution in [0.25, 0.3) is 0 Å². The van der Waals surface area contributed by atoms with Crippen molar-refractivity contribution in [3.63, 3.8) is 0 Å². The minimum absolute atomic E-state index is 0.317. The Morgan fingerprint density at radius 2 is 2.20 bits per heavy atom. The molecule has 0 spiro atoms. The Morgan fingerprint density at radius 1 is 1.53 bits per heavy atom. The number of rotatable bonds is 3. The number of carbonyl (C=O) groups is 1. The normalized spacial score (nSPS) is 17.5. The van der Waals surface area contributed by atoms with Crippen LogP contribution in [0.1, 0.15) is 24.3 Å². The molecule has 1 unspecified atom stereocenters. The summed E-state index contributed by atoms with van der Waals surface area (Å²) in [5.74, 6) is -0.760. The molecule has 1 aromatic rings. The third-order valence-electron chi connectivity index (χ3n) is 2.66. The van der Waals surface area contributed by atoms with Crippen molar-refractivity contribution in [2.45, 2.75) is 18.8 Å². The van der Waals surface area contributed by atoms with Gasteiger partial charge in [0.25, 0.3) is 0 Å². The highest BCUT2D eigenvalue weighted by atomic mass is 127. The molecule has 0 aromatic heterocycles. The van der Waals surface area contributed by atoms with E-state index in [0.717, 1.165) is 22.0 Å². The first kappa shape index (κ1) is 11.2. The SMILES string of the molecule is O=C(O)C(c1ccc(Cl)cc1I)C1CC1. The molecule has 4 heteroatoms. The zero-order chi connectivity index (χ0) is 11.0. The van der Waals surface area contributed by atoms with E-state index >= 15 is 0 Å². The number of benzene rings is 1. The van der Waals surface area contributed by atoms with Gasteiger partial charge in [-0.05, 0) is 59.0 Å². The Balaban J connectivity index is 2.37. The Bertz CT molecular complexity index is 402. The summed E-state index contributed by atoms with van der Waals surface area (Å²) in [5.41, 5.74) is 0.898. The minimum atomic E-state index is -0.724. The van der Waals surface area contributed by atoms with E-state index in [1.807, 2.05) is 12.1 Å². The molecule has 80 valence electrons. The second kappa shape index (κ2) is 4.29. The van der Waals surface area contributed by atoms with Gasteiger partial charge in [-0.15, -0.1) is 0 Å². The van der Waals surface area contributed by atoms with E-state index in [1.54, 1.807) is 6.07 Å². The first-order valence-electron chi connectivity index (χ1n) is 4.77. The van der Waals surface area contributed by atoms with Gasteiger partial charge in [0.2, 0.25) is 0 Å². The molecule has 2 rings (SSSR count). The molecule has 0 radical (unpaired) electrons. The van der Waals surface area contributed by atoms with Crippen LogP contribution < -0.4 is 0 Å². The van der Waals surface area contributed by atoms with E-state index in [2.05, 4.69) is 22.6 Å². The zero-order valence-corrected chi connectivity index (χ0v) is 10.8. The number of aliphatic carboxylic acids is 1. The molecule has 15 heavy (non-hydrogen) atoms. The van der Waals surface area contributed by atoms with Crippen LogP contribution in [0.5, 0.6) is 0 Å². The van der Waals surface area contributed by atoms with Gasteiger partial charge in [0, 0.05) is 8.59 Å². The maximum absolute atomic E-state index is 11.2. The average molecular weight is 337 g/mol. The highest BCUT2D eigenvalue weighted by Crippen LogP contribution is 2.44. The van der Waals surface area contributed by atoms with Gasteiger partial charge in [0.05, 0.1) is 5.92 Å². The molecular formula is C11H10ClIO2. The lowest BCUT2D eigenvalue weighted by Gasteiger charge is -2.13. The molecule has 0 bridgehead atoms. The van der Waals surface area contributed by atoms with Crippen LogP contribution in [-0.4, -0.2) is 11.1 Å². The second-order valence-corrected chi connectivity index (χ2v) is 5.42. The minimum Gasteiger partial charge on any atom is -0.481 e. The third-order valence-corrected chi connectivity index (χ3v) is 3.83. The summed E-state index contributed by atoms with van der Waals surface area (Å²) in [4.78, 5) is 11.2. The molecule has 0 heterocycles. The predicted octanol–water partition coefficient (Wildman–Crippen LogP) is 3.52. The third kappa shape index (κ3) is 2.45. The van der Waals surface area contributed by atoms with Crippen LogP contribution in [0.3, 0.4) is 0 Å². The molecule has 2 nitrogen and oxygen atoms in total. The molecule has 1 aliphatic carbocycles. The molecule has 1 aliphatic rings. The van der Waals surface area contributed by atoms with Crippen LogP contribution in [0, 0.1) is 9.49 Å². The van der Waals surface area contributed by atoms with Crippen molar-refractivity contribution >= 4 is 40.2 Å². The molecule has 1 atom stereocenters. The smallest absolute Gasteiger partial charge is 0.311 e. The topological polar surface area (TPSA) is 37.3 Å². The zero-order valence-electron chi connectivity index (χ0n) is 7.91. The van der Waals surface area contributed by atoms with Crippen molar-refractivity contribution < 1.29 is 9.90 Å².